The minimum atomic E-state index is -1.30. The number of Topliss-reactive ketones (excluding diaryl/α,β-unsaturated/α-hetero) is 3. The Kier molecular flexibility index (Phi) is 16.0. The first-order valence-electron chi connectivity index (χ1n) is 19.7. The summed E-state index contributed by atoms with van der Waals surface area (Å²) in [5, 5.41) is 23.1. The van der Waals surface area contributed by atoms with Gasteiger partial charge in [-0.25, -0.2) is 0 Å². The van der Waals surface area contributed by atoms with Crippen LogP contribution in [0, 0.1) is 23.2 Å². The first-order chi connectivity index (χ1) is 28.9. The molecule has 4 bridgehead atoms. The number of likely N-dealkylation sites (N-methyl/N-ethyl adjacent to an activating group) is 1. The Hall–Kier alpha value is -5.98. The van der Waals surface area contributed by atoms with Crippen LogP contribution in [0.15, 0.2) is 79.0 Å². The van der Waals surface area contributed by atoms with Gasteiger partial charge in [-0.3, -0.25) is 29.0 Å². The second-order valence-electron chi connectivity index (χ2n) is 14.6. The predicted octanol–water partition coefficient (Wildman–Crippen LogP) is 4.63. The van der Waals surface area contributed by atoms with Crippen LogP contribution in [0.25, 0.3) is 22.4 Å². The van der Waals surface area contributed by atoms with E-state index in [9.17, 15) is 34.3 Å². The molecule has 0 aliphatic carbocycles. The molecule has 5 rings (SSSR count). The van der Waals surface area contributed by atoms with Crippen molar-refractivity contribution >= 4 is 40.8 Å². The van der Waals surface area contributed by atoms with Crippen LogP contribution in [0.5, 0.6) is 11.5 Å². The number of amides is 2. The minimum absolute atomic E-state index is 0.0407. The summed E-state index contributed by atoms with van der Waals surface area (Å²) in [6.45, 7) is 1.57. The molecule has 314 valence electrons. The molecule has 0 saturated carbocycles. The predicted molar refractivity (Wildman–Crippen MR) is 225 cm³/mol. The standard InChI is InChI=1S/C45H49ClN6O8/c1-27-20-40(56)43(52(2)45(58)32(26-53)24-39(55)31-8-12-36(50-25-31)29-6-10-33(46)11-7-29)30-9-14-42(60-19-17-49)35(23-30)34-21-28(5-13-41(34)59-18-16-48)22-37(51-44(27)57)38(54)4-3-15-47/h5-14,21,23,25,27,32,37,43,53H,3-4,16-20,22,24,26,48-49H2,1-2H3,(H,51,57)/t27-,32+,37+,43+/m1/s1. The van der Waals surface area contributed by atoms with Gasteiger partial charge in [0.05, 0.1) is 30.3 Å². The number of pyridine rings is 1. The highest BCUT2D eigenvalue weighted by molar-refractivity contribution is 6.30. The van der Waals surface area contributed by atoms with Crippen LogP contribution in [0.2, 0.25) is 5.02 Å². The number of hydrogen-bond acceptors (Lipinski definition) is 12. The summed E-state index contributed by atoms with van der Waals surface area (Å²) >= 11 is 6.01. The Balaban J connectivity index is 1.55. The molecule has 14 nitrogen and oxygen atoms in total. The number of carbonyl (C=O) groups is 5. The van der Waals surface area contributed by atoms with Crippen molar-refractivity contribution in [2.24, 2.45) is 23.3 Å². The zero-order valence-electron chi connectivity index (χ0n) is 33.6. The third-order valence-corrected chi connectivity index (χ3v) is 10.5. The van der Waals surface area contributed by atoms with Gasteiger partial charge in [0, 0.05) is 85.2 Å². The van der Waals surface area contributed by atoms with Crippen molar-refractivity contribution in [3.05, 3.63) is 101 Å². The number of nitrogens with zero attached hydrogens (tertiary/aromatic N) is 3. The molecule has 4 aromatic rings. The highest BCUT2D eigenvalue weighted by Crippen LogP contribution is 2.41. The van der Waals surface area contributed by atoms with Crippen LogP contribution < -0.4 is 26.3 Å². The molecule has 6 N–H and O–H groups in total. The Morgan fingerprint density at radius 3 is 2.25 bits per heavy atom. The maximum atomic E-state index is 14.5. The minimum Gasteiger partial charge on any atom is -0.492 e. The molecule has 0 fully saturated rings. The number of nitrogens with one attached hydrogen (secondary N) is 1. The molecule has 1 aliphatic rings. The number of rotatable bonds is 16. The van der Waals surface area contributed by atoms with E-state index in [1.807, 2.05) is 6.07 Å². The Morgan fingerprint density at radius 2 is 1.63 bits per heavy atom. The van der Waals surface area contributed by atoms with Crippen LogP contribution in [-0.4, -0.2) is 90.2 Å². The number of carbonyl (C=O) groups excluding carboxylic acids is 5. The first-order valence-corrected chi connectivity index (χ1v) is 20.0. The molecule has 3 aromatic carbocycles. The molecule has 1 aliphatic heterocycles. The third kappa shape index (κ3) is 11.2. The summed E-state index contributed by atoms with van der Waals surface area (Å²) in [5.41, 5.74) is 15.3. The molecule has 1 aromatic heterocycles. The van der Waals surface area contributed by atoms with E-state index in [2.05, 4.69) is 10.3 Å². The maximum absolute atomic E-state index is 14.5. The van der Waals surface area contributed by atoms with Crippen LogP contribution in [-0.2, 0) is 25.6 Å². The number of hydrogen-bond donors (Lipinski definition) is 4. The van der Waals surface area contributed by atoms with E-state index in [0.29, 0.717) is 44.5 Å². The zero-order valence-corrected chi connectivity index (χ0v) is 34.3. The molecule has 0 unspecified atom stereocenters. The highest BCUT2D eigenvalue weighted by Gasteiger charge is 2.36. The molecule has 2 amide bonds. The number of nitrogens with two attached hydrogens (primary N) is 2. The Bertz CT molecular complexity index is 2230. The molecule has 0 radical (unpaired) electrons. The molecule has 60 heavy (non-hydrogen) atoms. The second-order valence-corrected chi connectivity index (χ2v) is 15.1. The number of aliphatic hydroxyl groups excluding tert-OH is 1. The number of fused-ring (bicyclic) bond motifs is 5. The molecule has 4 atom stereocenters. The summed E-state index contributed by atoms with van der Waals surface area (Å²) in [6.07, 6.45) is 0.644. The van der Waals surface area contributed by atoms with Crippen molar-refractivity contribution in [2.45, 2.75) is 51.1 Å². The van der Waals surface area contributed by atoms with E-state index in [-0.39, 0.29) is 69.8 Å². The largest absolute Gasteiger partial charge is 0.492 e. The summed E-state index contributed by atoms with van der Waals surface area (Å²) in [5.74, 6) is -3.93. The van der Waals surface area contributed by atoms with Gasteiger partial charge in [0.25, 0.3) is 0 Å². The summed E-state index contributed by atoms with van der Waals surface area (Å²) in [4.78, 5) is 75.0. The molecule has 15 heteroatoms. The Labute approximate surface area is 353 Å². The van der Waals surface area contributed by atoms with Crippen LogP contribution >= 0.6 is 11.6 Å². The van der Waals surface area contributed by atoms with E-state index >= 15 is 0 Å². The summed E-state index contributed by atoms with van der Waals surface area (Å²) in [7, 11) is 1.41. The van der Waals surface area contributed by atoms with Gasteiger partial charge in [0.15, 0.2) is 17.3 Å². The van der Waals surface area contributed by atoms with E-state index in [1.165, 1.54) is 18.1 Å². The van der Waals surface area contributed by atoms with Gasteiger partial charge in [-0.1, -0.05) is 42.8 Å². The van der Waals surface area contributed by atoms with E-state index < -0.39 is 53.9 Å². The van der Waals surface area contributed by atoms with Crippen LogP contribution in [0.3, 0.4) is 0 Å². The molecular formula is C45H49ClN6O8. The normalized spacial score (nSPS) is 17.1. The lowest BCUT2D eigenvalue weighted by atomic mass is 9.88. The molecule has 2 heterocycles. The third-order valence-electron chi connectivity index (χ3n) is 10.3. The zero-order chi connectivity index (χ0) is 43.3. The number of ketones is 3. The van der Waals surface area contributed by atoms with E-state index in [1.54, 1.807) is 79.7 Å². The van der Waals surface area contributed by atoms with Gasteiger partial charge in [0.2, 0.25) is 11.8 Å². The quantitative estimate of drug-likeness (QED) is 0.113. The summed E-state index contributed by atoms with van der Waals surface area (Å²) < 4.78 is 12.1. The first kappa shape index (κ1) is 45.1. The lowest BCUT2D eigenvalue weighted by molar-refractivity contribution is -0.143. The number of aliphatic hydroxyl groups is 1. The monoisotopic (exact) mass is 836 g/mol. The fraction of sp³-hybridized carbons (Fsp3) is 0.356. The Morgan fingerprint density at radius 1 is 0.967 bits per heavy atom. The van der Waals surface area contributed by atoms with E-state index in [4.69, 9.17) is 32.5 Å². The van der Waals surface area contributed by atoms with Crippen molar-refractivity contribution in [3.63, 3.8) is 0 Å². The number of halogens is 1. The topological polar surface area (TPSA) is 228 Å². The number of benzene rings is 3. The van der Waals surface area contributed by atoms with E-state index in [0.717, 1.165) is 5.56 Å². The smallest absolute Gasteiger partial charge is 0.229 e. The summed E-state index contributed by atoms with van der Waals surface area (Å²) in [6, 6.07) is 20.3. The highest BCUT2D eigenvalue weighted by atomic mass is 35.5. The van der Waals surface area contributed by atoms with Gasteiger partial charge in [-0.05, 0) is 66.1 Å². The number of nitriles is 1. The van der Waals surface area contributed by atoms with Crippen LogP contribution in [0.1, 0.15) is 60.1 Å². The van der Waals surface area contributed by atoms with Gasteiger partial charge >= 0.3 is 0 Å². The molecule has 0 saturated heterocycles. The fourth-order valence-corrected chi connectivity index (χ4v) is 7.18. The maximum Gasteiger partial charge on any atom is 0.229 e. The average Bonchev–Trinajstić information content (AvgIpc) is 3.25. The van der Waals surface area contributed by atoms with Gasteiger partial charge < -0.3 is 36.3 Å². The molecule has 0 spiro atoms. The van der Waals surface area contributed by atoms with Crippen molar-refractivity contribution in [3.8, 4) is 40.0 Å². The van der Waals surface area contributed by atoms with Crippen molar-refractivity contribution in [1.29, 1.82) is 5.26 Å². The average molecular weight is 837 g/mol. The lowest BCUT2D eigenvalue weighted by Crippen LogP contribution is -2.46. The van der Waals surface area contributed by atoms with Gasteiger partial charge in [0.1, 0.15) is 30.8 Å². The lowest BCUT2D eigenvalue weighted by Gasteiger charge is -2.32. The van der Waals surface area contributed by atoms with Gasteiger partial charge in [-0.15, -0.1) is 0 Å². The second kappa shape index (κ2) is 21.3. The van der Waals surface area contributed by atoms with Crippen molar-refractivity contribution in [2.75, 3.05) is 40.0 Å². The fourth-order valence-electron chi connectivity index (χ4n) is 7.05. The SMILES string of the molecule is C[C@@H]1CC(=O)[C@@H](N(C)C(=O)[C@H](CO)CC(=O)c2ccc(-c3ccc(Cl)cc3)nc2)c2ccc(OCCN)c(c2)-c2cc(ccc2OCCN)C[C@@H](C(=O)CCC#N)NC1=O. The number of ether oxygens (including phenoxy) is 2. The van der Waals surface area contributed by atoms with Gasteiger partial charge in [-0.2, -0.15) is 5.26 Å². The van der Waals surface area contributed by atoms with Crippen molar-refractivity contribution in [1.82, 2.24) is 15.2 Å². The van der Waals surface area contributed by atoms with Crippen LogP contribution in [0.4, 0.5) is 0 Å². The molecular weight excluding hydrogens is 788 g/mol. The number of aromatic nitrogens is 1. The van der Waals surface area contributed by atoms with Crippen molar-refractivity contribution < 1.29 is 38.6 Å².